The second-order valence-corrected chi connectivity index (χ2v) is 4.47. The first-order valence-electron chi connectivity index (χ1n) is 2.67. The van der Waals surface area contributed by atoms with Gasteiger partial charge in [0.05, 0.1) is 0 Å². The molecule has 1 rings (SSSR count). The normalized spacial score (nSPS) is 11.8. The molecule has 0 saturated heterocycles. The van der Waals surface area contributed by atoms with Crippen LogP contribution in [0.4, 0.5) is 0 Å². The number of thiol groups is 1. The molecule has 0 radical (unpaired) electrons. The lowest BCUT2D eigenvalue weighted by atomic mass is 11.0. The van der Waals surface area contributed by atoms with Crippen molar-refractivity contribution in [1.29, 1.82) is 0 Å². The summed E-state index contributed by atoms with van der Waals surface area (Å²) in [6.07, 6.45) is 1.30. The Hall–Kier alpha value is -0.710. The van der Waals surface area contributed by atoms with E-state index in [4.69, 9.17) is 0 Å². The first-order valence-corrected chi connectivity index (χ1v) is 5.98. The summed E-state index contributed by atoms with van der Waals surface area (Å²) in [5.74, 6) is 0. The molecule has 1 aromatic rings. The van der Waals surface area contributed by atoms with Crippen LogP contribution in [0.2, 0.25) is 0 Å². The van der Waals surface area contributed by atoms with Crippen LogP contribution in [0.5, 0.6) is 5.19 Å². The fourth-order valence-corrected chi connectivity index (χ4v) is 2.13. The van der Waals surface area contributed by atoms with Gasteiger partial charge in [-0.25, -0.2) is 13.4 Å². The van der Waals surface area contributed by atoms with E-state index in [1.807, 2.05) is 0 Å². The fraction of sp³-hybridized carbons (Fsp3) is 0. The monoisotopic (exact) mass is 245 g/mol. The second kappa shape index (κ2) is 4.00. The van der Waals surface area contributed by atoms with E-state index < -0.39 is 21.4 Å². The minimum Gasteiger partial charge on any atom is -0.330 e. The maximum atomic E-state index is 10.6. The quantitative estimate of drug-likeness (QED) is 0.701. The van der Waals surface area contributed by atoms with Crippen LogP contribution in [0.25, 0.3) is 0 Å². The molecule has 0 aromatic carbocycles. The van der Waals surface area contributed by atoms with Crippen LogP contribution < -0.4 is 4.18 Å². The molecule has 0 bridgehead atoms. The van der Waals surface area contributed by atoms with Gasteiger partial charge >= 0.3 is 10.4 Å². The van der Waals surface area contributed by atoms with Crippen molar-refractivity contribution >= 4 is 32.7 Å². The highest BCUT2D eigenvalue weighted by Crippen LogP contribution is 2.16. The molecule has 0 N–H and O–H groups in total. The van der Waals surface area contributed by atoms with Crippen molar-refractivity contribution in [1.82, 2.24) is 4.98 Å². The summed E-state index contributed by atoms with van der Waals surface area (Å²) in [4.78, 5) is 3.45. The van der Waals surface area contributed by atoms with Crippen LogP contribution in [0.1, 0.15) is 0 Å². The Morgan fingerprint density at radius 3 is 2.62 bits per heavy atom. The summed E-state index contributed by atoms with van der Waals surface area (Å²) in [6.45, 7) is 0. The molecule has 0 aliphatic carbocycles. The summed E-state index contributed by atoms with van der Waals surface area (Å²) in [5, 5.41) is 1.25. The van der Waals surface area contributed by atoms with Crippen molar-refractivity contribution in [3.8, 4) is 5.19 Å². The molecule has 0 saturated carbocycles. The maximum Gasteiger partial charge on any atom is 0.466 e. The molecule has 13 heavy (non-hydrogen) atoms. The van der Waals surface area contributed by atoms with Crippen LogP contribution >= 0.6 is 11.3 Å². The van der Waals surface area contributed by atoms with Gasteiger partial charge in [0.15, 0.2) is 0 Å². The summed E-state index contributed by atoms with van der Waals surface area (Å²) in [6, 6.07) is 0. The standard InChI is InChI=1S/C3H3NO6S3/c5-12(6)10-13(7,8)9-3-4-1-2-11-3/h1-2,12H. The third kappa shape index (κ3) is 3.67. The Balaban J connectivity index is 2.74. The Labute approximate surface area is 79.4 Å². The summed E-state index contributed by atoms with van der Waals surface area (Å²) < 4.78 is 48.7. The Morgan fingerprint density at radius 2 is 2.15 bits per heavy atom. The molecule has 0 aliphatic rings. The van der Waals surface area contributed by atoms with Gasteiger partial charge < -0.3 is 4.18 Å². The van der Waals surface area contributed by atoms with Crippen molar-refractivity contribution in [2.45, 2.75) is 0 Å². The van der Waals surface area contributed by atoms with Gasteiger partial charge in [0.25, 0.3) is 16.2 Å². The number of rotatable bonds is 4. The van der Waals surface area contributed by atoms with Crippen molar-refractivity contribution < 1.29 is 24.6 Å². The minimum absolute atomic E-state index is 0.211. The van der Waals surface area contributed by atoms with E-state index in [0.717, 1.165) is 11.3 Å². The number of hydrogen-bond donors (Lipinski definition) is 1. The number of hydrogen-bond acceptors (Lipinski definition) is 8. The third-order valence-electron chi connectivity index (χ3n) is 0.735. The zero-order chi connectivity index (χ0) is 9.90. The van der Waals surface area contributed by atoms with E-state index >= 15 is 0 Å². The largest absolute Gasteiger partial charge is 0.466 e. The van der Waals surface area contributed by atoms with E-state index in [1.165, 1.54) is 11.6 Å². The van der Waals surface area contributed by atoms with Crippen LogP contribution in [0, 0.1) is 0 Å². The van der Waals surface area contributed by atoms with E-state index in [9.17, 15) is 16.8 Å². The molecule has 1 aromatic heterocycles. The van der Waals surface area contributed by atoms with E-state index in [0.29, 0.717) is 0 Å². The molecule has 7 nitrogen and oxygen atoms in total. The van der Waals surface area contributed by atoms with Crippen LogP contribution in [-0.2, 0) is 25.0 Å². The highest BCUT2D eigenvalue weighted by Gasteiger charge is 2.16. The summed E-state index contributed by atoms with van der Waals surface area (Å²) >= 11 is 0.887. The van der Waals surface area contributed by atoms with Crippen molar-refractivity contribution in [2.24, 2.45) is 0 Å². The van der Waals surface area contributed by atoms with Gasteiger partial charge in [-0.2, -0.15) is 8.42 Å². The minimum atomic E-state index is -4.55. The Bertz CT molecular complexity index is 422. The molecule has 0 aliphatic heterocycles. The van der Waals surface area contributed by atoms with Gasteiger partial charge in [-0.05, 0) is 0 Å². The lowest BCUT2D eigenvalue weighted by Crippen LogP contribution is -2.11. The second-order valence-electron chi connectivity index (χ2n) is 1.59. The van der Waals surface area contributed by atoms with E-state index in [2.05, 4.69) is 12.8 Å². The SMILES string of the molecule is O=[SH](=O)OS(=O)(=O)Oc1nccs1. The van der Waals surface area contributed by atoms with Crippen LogP contribution in [-0.4, -0.2) is 21.8 Å². The average Bonchev–Trinajstić information content (AvgIpc) is 2.34. The molecule has 0 fully saturated rings. The van der Waals surface area contributed by atoms with Gasteiger partial charge in [-0.15, -0.1) is 3.63 Å². The molecule has 10 heteroatoms. The van der Waals surface area contributed by atoms with Gasteiger partial charge in [-0.1, -0.05) is 11.3 Å². The molecule has 74 valence electrons. The Kier molecular flexibility index (Phi) is 3.19. The molecular formula is C3H3NO6S3. The zero-order valence-electron chi connectivity index (χ0n) is 5.82. The van der Waals surface area contributed by atoms with Gasteiger partial charge in [-0.3, -0.25) is 0 Å². The van der Waals surface area contributed by atoms with Crippen LogP contribution in [0.15, 0.2) is 11.6 Å². The van der Waals surface area contributed by atoms with Crippen LogP contribution in [0.3, 0.4) is 0 Å². The topological polar surface area (TPSA) is 99.6 Å². The lowest BCUT2D eigenvalue weighted by Gasteiger charge is -1.96. The number of aromatic nitrogens is 1. The predicted molar refractivity (Wildman–Crippen MR) is 43.1 cm³/mol. The van der Waals surface area contributed by atoms with Gasteiger partial charge in [0.2, 0.25) is 0 Å². The summed E-state index contributed by atoms with van der Waals surface area (Å²) in [5.41, 5.74) is 0. The van der Waals surface area contributed by atoms with Crippen molar-refractivity contribution in [3.05, 3.63) is 11.6 Å². The number of nitrogens with zero attached hydrogens (tertiary/aromatic N) is 1. The fourth-order valence-electron chi connectivity index (χ4n) is 0.429. The summed E-state index contributed by atoms with van der Waals surface area (Å²) in [7, 11) is -8.06. The molecule has 0 spiro atoms. The van der Waals surface area contributed by atoms with Gasteiger partial charge in [0, 0.05) is 11.6 Å². The lowest BCUT2D eigenvalue weighted by molar-refractivity contribution is 0.395. The molecule has 0 amide bonds. The third-order valence-corrected chi connectivity index (χ3v) is 3.07. The van der Waals surface area contributed by atoms with Crippen molar-refractivity contribution in [2.75, 3.05) is 0 Å². The van der Waals surface area contributed by atoms with Crippen molar-refractivity contribution in [3.63, 3.8) is 0 Å². The smallest absolute Gasteiger partial charge is 0.330 e. The first kappa shape index (κ1) is 10.4. The maximum absolute atomic E-state index is 10.6. The molecule has 0 unspecified atom stereocenters. The number of thiazole rings is 1. The van der Waals surface area contributed by atoms with E-state index in [1.54, 1.807) is 0 Å². The molecule has 0 atom stereocenters. The molecular weight excluding hydrogens is 242 g/mol. The molecule has 1 heterocycles. The average molecular weight is 245 g/mol. The first-order chi connectivity index (χ1) is 5.99. The Morgan fingerprint density at radius 1 is 1.46 bits per heavy atom. The predicted octanol–water partition coefficient (Wildman–Crippen LogP) is -0.690. The highest BCUT2D eigenvalue weighted by atomic mass is 32.3. The van der Waals surface area contributed by atoms with Gasteiger partial charge in [0.1, 0.15) is 0 Å². The highest BCUT2D eigenvalue weighted by molar-refractivity contribution is 7.90. The zero-order valence-corrected chi connectivity index (χ0v) is 8.34. The van der Waals surface area contributed by atoms with E-state index in [-0.39, 0.29) is 5.19 Å².